The summed E-state index contributed by atoms with van der Waals surface area (Å²) in [7, 11) is 1.85. The van der Waals surface area contributed by atoms with Crippen LogP contribution in [0.4, 0.5) is 10.5 Å². The first kappa shape index (κ1) is 16.1. The molecule has 1 aromatic rings. The molecule has 0 bridgehead atoms. The van der Waals surface area contributed by atoms with E-state index >= 15 is 0 Å². The summed E-state index contributed by atoms with van der Waals surface area (Å²) in [5.41, 5.74) is 1.18. The summed E-state index contributed by atoms with van der Waals surface area (Å²) >= 11 is 6.17. The van der Waals surface area contributed by atoms with Crippen molar-refractivity contribution < 1.29 is 9.59 Å². The topological polar surface area (TPSA) is 52.7 Å². The van der Waals surface area contributed by atoms with Gasteiger partial charge in [0.1, 0.15) is 0 Å². The summed E-state index contributed by atoms with van der Waals surface area (Å²) < 4.78 is 0. The molecule has 2 aliphatic rings. The zero-order valence-corrected chi connectivity index (χ0v) is 14.3. The third-order valence-corrected chi connectivity index (χ3v) is 5.36. The van der Waals surface area contributed by atoms with Crippen molar-refractivity contribution in [2.45, 2.75) is 26.2 Å². The Morgan fingerprint density at radius 3 is 2.83 bits per heavy atom. The Balaban J connectivity index is 1.72. The highest BCUT2D eigenvalue weighted by Crippen LogP contribution is 2.40. The van der Waals surface area contributed by atoms with Gasteiger partial charge in [-0.05, 0) is 37.8 Å². The number of amides is 3. The lowest BCUT2D eigenvalue weighted by Crippen LogP contribution is -2.49. The molecule has 2 fully saturated rings. The van der Waals surface area contributed by atoms with Crippen LogP contribution in [-0.2, 0) is 4.79 Å². The van der Waals surface area contributed by atoms with Crippen LogP contribution in [0.2, 0.25) is 5.02 Å². The number of rotatable bonds is 1. The van der Waals surface area contributed by atoms with Crippen LogP contribution in [0.25, 0.3) is 0 Å². The molecule has 3 amide bonds. The average molecular weight is 336 g/mol. The normalized spacial score (nSPS) is 24.4. The van der Waals surface area contributed by atoms with Gasteiger partial charge in [0.25, 0.3) is 0 Å². The highest BCUT2D eigenvalue weighted by molar-refractivity contribution is 6.33. The van der Waals surface area contributed by atoms with E-state index < -0.39 is 0 Å². The number of para-hydroxylation sites is 1. The number of carbonyl (C=O) groups excluding carboxylic acids is 2. The molecule has 1 atom stereocenters. The predicted molar refractivity (Wildman–Crippen MR) is 90.7 cm³/mol. The molecule has 1 N–H and O–H groups in total. The fourth-order valence-electron chi connectivity index (χ4n) is 3.67. The molecule has 3 rings (SSSR count). The Hall–Kier alpha value is -1.75. The largest absolute Gasteiger partial charge is 0.345 e. The monoisotopic (exact) mass is 335 g/mol. The van der Waals surface area contributed by atoms with Crippen LogP contribution in [-0.4, -0.2) is 48.4 Å². The molecule has 2 saturated heterocycles. The molecule has 1 spiro atoms. The van der Waals surface area contributed by atoms with E-state index in [0.717, 1.165) is 31.4 Å². The number of halogens is 1. The first-order valence-electron chi connectivity index (χ1n) is 8.00. The van der Waals surface area contributed by atoms with Crippen molar-refractivity contribution in [1.29, 1.82) is 0 Å². The standard InChI is InChI=1S/C17H22ClN3O2/c1-12-5-3-6-13(18)14(12)19-16(23)21-10-8-17(11-21)7-4-9-20(2)15(17)22/h3,5-6H,4,7-11H2,1-2H3,(H,19,23)/t17-/m0/s1. The number of anilines is 1. The van der Waals surface area contributed by atoms with Crippen molar-refractivity contribution in [3.8, 4) is 0 Å². The number of benzene rings is 1. The second-order valence-corrected chi connectivity index (χ2v) is 7.05. The zero-order valence-electron chi connectivity index (χ0n) is 13.6. The van der Waals surface area contributed by atoms with Gasteiger partial charge in [0, 0.05) is 26.7 Å². The fourth-order valence-corrected chi connectivity index (χ4v) is 3.94. The minimum atomic E-state index is -0.389. The van der Waals surface area contributed by atoms with Gasteiger partial charge in [-0.15, -0.1) is 0 Å². The van der Waals surface area contributed by atoms with Crippen LogP contribution < -0.4 is 5.32 Å². The van der Waals surface area contributed by atoms with Crippen molar-refractivity contribution in [1.82, 2.24) is 9.80 Å². The van der Waals surface area contributed by atoms with Crippen LogP contribution in [0.15, 0.2) is 18.2 Å². The van der Waals surface area contributed by atoms with Gasteiger partial charge in [-0.3, -0.25) is 4.79 Å². The Kier molecular flexibility index (Phi) is 4.23. The number of piperidine rings is 1. The molecular weight excluding hydrogens is 314 g/mol. The van der Waals surface area contributed by atoms with E-state index in [4.69, 9.17) is 11.6 Å². The maximum absolute atomic E-state index is 12.6. The Morgan fingerprint density at radius 1 is 1.30 bits per heavy atom. The number of aryl methyl sites for hydroxylation is 1. The van der Waals surface area contributed by atoms with E-state index in [0.29, 0.717) is 23.8 Å². The van der Waals surface area contributed by atoms with E-state index in [9.17, 15) is 9.59 Å². The Bertz CT molecular complexity index is 628. The molecule has 0 saturated carbocycles. The van der Waals surface area contributed by atoms with Gasteiger partial charge < -0.3 is 15.1 Å². The lowest BCUT2D eigenvalue weighted by atomic mass is 9.78. The molecule has 0 unspecified atom stereocenters. The zero-order chi connectivity index (χ0) is 16.6. The number of hydrogen-bond acceptors (Lipinski definition) is 2. The van der Waals surface area contributed by atoms with Crippen molar-refractivity contribution >= 4 is 29.2 Å². The summed E-state index contributed by atoms with van der Waals surface area (Å²) in [4.78, 5) is 28.6. The number of urea groups is 1. The highest BCUT2D eigenvalue weighted by Gasteiger charge is 2.48. The molecule has 124 valence electrons. The molecule has 2 aliphatic heterocycles. The van der Waals surface area contributed by atoms with Gasteiger partial charge in [-0.25, -0.2) is 4.79 Å². The quantitative estimate of drug-likeness (QED) is 0.857. The van der Waals surface area contributed by atoms with Crippen LogP contribution in [0.5, 0.6) is 0 Å². The molecule has 6 heteroatoms. The van der Waals surface area contributed by atoms with Gasteiger partial charge >= 0.3 is 6.03 Å². The van der Waals surface area contributed by atoms with Crippen LogP contribution in [0.1, 0.15) is 24.8 Å². The molecule has 23 heavy (non-hydrogen) atoms. The summed E-state index contributed by atoms with van der Waals surface area (Å²) in [5, 5.41) is 3.43. The second-order valence-electron chi connectivity index (χ2n) is 6.64. The first-order chi connectivity index (χ1) is 10.9. The average Bonchev–Trinajstić information content (AvgIpc) is 2.94. The Labute approximate surface area is 141 Å². The van der Waals surface area contributed by atoms with E-state index in [-0.39, 0.29) is 17.4 Å². The van der Waals surface area contributed by atoms with Crippen LogP contribution in [0.3, 0.4) is 0 Å². The maximum Gasteiger partial charge on any atom is 0.321 e. The molecule has 5 nitrogen and oxygen atoms in total. The molecule has 1 aromatic carbocycles. The van der Waals surface area contributed by atoms with E-state index in [1.54, 1.807) is 15.9 Å². The van der Waals surface area contributed by atoms with Crippen LogP contribution >= 0.6 is 11.6 Å². The molecule has 2 heterocycles. The van der Waals surface area contributed by atoms with Crippen molar-refractivity contribution in [2.75, 3.05) is 32.0 Å². The van der Waals surface area contributed by atoms with Gasteiger partial charge in [-0.2, -0.15) is 0 Å². The molecule has 0 aromatic heterocycles. The van der Waals surface area contributed by atoms with Gasteiger partial charge in [0.15, 0.2) is 0 Å². The smallest absolute Gasteiger partial charge is 0.321 e. The molecule has 0 aliphatic carbocycles. The van der Waals surface area contributed by atoms with Gasteiger partial charge in [0.05, 0.1) is 16.1 Å². The summed E-state index contributed by atoms with van der Waals surface area (Å²) in [6.45, 7) is 3.82. The van der Waals surface area contributed by atoms with Crippen LogP contribution in [0, 0.1) is 12.3 Å². The van der Waals surface area contributed by atoms with E-state index in [2.05, 4.69) is 5.32 Å². The predicted octanol–water partition coefficient (Wildman–Crippen LogP) is 3.12. The molecular formula is C17H22ClN3O2. The van der Waals surface area contributed by atoms with E-state index in [1.807, 2.05) is 26.1 Å². The number of carbonyl (C=O) groups is 2. The van der Waals surface area contributed by atoms with Crippen molar-refractivity contribution in [3.05, 3.63) is 28.8 Å². The van der Waals surface area contributed by atoms with Crippen molar-refractivity contribution in [2.24, 2.45) is 5.41 Å². The third-order valence-electron chi connectivity index (χ3n) is 5.04. The Morgan fingerprint density at radius 2 is 2.09 bits per heavy atom. The number of nitrogens with zero attached hydrogens (tertiary/aromatic N) is 2. The number of likely N-dealkylation sites (tertiary alicyclic amines) is 2. The van der Waals surface area contributed by atoms with E-state index in [1.165, 1.54) is 0 Å². The highest BCUT2D eigenvalue weighted by atomic mass is 35.5. The van der Waals surface area contributed by atoms with Gasteiger partial charge in [-0.1, -0.05) is 23.7 Å². The fraction of sp³-hybridized carbons (Fsp3) is 0.529. The number of nitrogens with one attached hydrogen (secondary N) is 1. The third kappa shape index (κ3) is 2.90. The first-order valence-corrected chi connectivity index (χ1v) is 8.37. The summed E-state index contributed by atoms with van der Waals surface area (Å²) in [5.74, 6) is 0.174. The minimum absolute atomic E-state index is 0.174. The van der Waals surface area contributed by atoms with Gasteiger partial charge in [0.2, 0.25) is 5.91 Å². The number of hydrogen-bond donors (Lipinski definition) is 1. The lowest BCUT2D eigenvalue weighted by molar-refractivity contribution is -0.143. The minimum Gasteiger partial charge on any atom is -0.345 e. The SMILES string of the molecule is Cc1cccc(Cl)c1NC(=O)N1CC[C@@]2(CCCN(C)C2=O)C1. The summed E-state index contributed by atoms with van der Waals surface area (Å²) in [6.07, 6.45) is 2.61. The maximum atomic E-state index is 12.6. The summed E-state index contributed by atoms with van der Waals surface area (Å²) in [6, 6.07) is 5.34. The van der Waals surface area contributed by atoms with Crippen molar-refractivity contribution in [3.63, 3.8) is 0 Å². The second kappa shape index (κ2) is 6.04. The molecule has 0 radical (unpaired) electrons. The lowest BCUT2D eigenvalue weighted by Gasteiger charge is -2.37.